The number of rotatable bonds is 9. The zero-order valence-corrected chi connectivity index (χ0v) is 22.0. The van der Waals surface area contributed by atoms with Gasteiger partial charge in [-0.25, -0.2) is 12.8 Å². The molecule has 1 atom stereocenters. The smallest absolute Gasteiger partial charge is 0.416 e. The summed E-state index contributed by atoms with van der Waals surface area (Å²) in [6, 6.07) is 16.1. The van der Waals surface area contributed by atoms with Crippen molar-refractivity contribution in [2.24, 2.45) is 0 Å². The summed E-state index contributed by atoms with van der Waals surface area (Å²) in [6.45, 7) is 0.229. The number of ether oxygens (including phenoxy) is 1. The minimum atomic E-state index is -4.41. The van der Waals surface area contributed by atoms with E-state index in [1.165, 1.54) is 30.3 Å². The molecule has 0 unspecified atom stereocenters. The summed E-state index contributed by atoms with van der Waals surface area (Å²) in [6.07, 6.45) is -3.08. The van der Waals surface area contributed by atoms with Gasteiger partial charge in [-0.15, -0.1) is 0 Å². The van der Waals surface area contributed by atoms with E-state index < -0.39 is 38.7 Å². The Bertz CT molecular complexity index is 1630. The molecule has 0 saturated carbocycles. The van der Waals surface area contributed by atoms with Gasteiger partial charge in [-0.05, 0) is 66.8 Å². The van der Waals surface area contributed by atoms with Crippen molar-refractivity contribution < 1.29 is 39.9 Å². The molecule has 1 aromatic heterocycles. The number of furan rings is 1. The lowest BCUT2D eigenvalue weighted by Crippen LogP contribution is -2.40. The van der Waals surface area contributed by atoms with Crippen LogP contribution in [0.5, 0.6) is 5.75 Å². The quantitative estimate of drug-likeness (QED) is 0.212. The van der Waals surface area contributed by atoms with Gasteiger partial charge in [0.15, 0.2) is 5.78 Å². The van der Waals surface area contributed by atoms with Crippen molar-refractivity contribution in [3.05, 3.63) is 95.3 Å². The highest BCUT2D eigenvalue weighted by Crippen LogP contribution is 2.32. The average molecular weight is 576 g/mol. The molecule has 4 aromatic rings. The molecule has 0 radical (unpaired) electrons. The summed E-state index contributed by atoms with van der Waals surface area (Å²) in [4.78, 5) is 13.1. The Hall–Kier alpha value is -3.70. The Morgan fingerprint density at radius 2 is 1.75 bits per heavy atom. The normalized spacial score (nSPS) is 16.4. The van der Waals surface area contributed by atoms with E-state index in [0.717, 1.165) is 28.1 Å². The number of ketones is 1. The molecular weight excluding hydrogens is 550 g/mol. The van der Waals surface area contributed by atoms with Crippen molar-refractivity contribution in [2.45, 2.75) is 49.6 Å². The number of carbonyl (C=O) groups is 1. The molecule has 5 rings (SSSR count). The highest BCUT2D eigenvalue weighted by molar-refractivity contribution is 7.89. The summed E-state index contributed by atoms with van der Waals surface area (Å²) in [5.74, 6) is -0.339. The van der Waals surface area contributed by atoms with Gasteiger partial charge in [0, 0.05) is 19.0 Å². The zero-order chi connectivity index (χ0) is 28.5. The van der Waals surface area contributed by atoms with Crippen molar-refractivity contribution in [3.8, 4) is 5.75 Å². The lowest BCUT2D eigenvalue weighted by molar-refractivity contribution is -0.137. The second kappa shape index (κ2) is 11.1. The lowest BCUT2D eigenvalue weighted by Gasteiger charge is -2.21. The van der Waals surface area contributed by atoms with Crippen molar-refractivity contribution in [3.63, 3.8) is 0 Å². The van der Waals surface area contributed by atoms with Gasteiger partial charge in [0.25, 0.3) is 10.0 Å². The number of hydrogen-bond acceptors (Lipinski definition) is 5. The first kappa shape index (κ1) is 27.9. The molecule has 1 fully saturated rings. The Labute approximate surface area is 228 Å². The number of Topliss-reactive ketones (excluding diaryl/α,β-unsaturated/α-hetero) is 1. The first-order valence-electron chi connectivity index (χ1n) is 12.6. The van der Waals surface area contributed by atoms with Crippen LogP contribution in [0.3, 0.4) is 0 Å². The largest absolute Gasteiger partial charge is 0.489 e. The van der Waals surface area contributed by atoms with Crippen LogP contribution in [0, 0.1) is 5.82 Å². The number of aryl methyl sites for hydroxylation is 1. The Balaban J connectivity index is 1.21. The summed E-state index contributed by atoms with van der Waals surface area (Å²) < 4.78 is 91.2. The Morgan fingerprint density at radius 3 is 2.48 bits per heavy atom. The summed E-state index contributed by atoms with van der Waals surface area (Å²) in [5, 5.41) is -0.339. The number of alkyl halides is 3. The van der Waals surface area contributed by atoms with Gasteiger partial charge in [-0.3, -0.25) is 4.79 Å². The first-order chi connectivity index (χ1) is 19.0. The molecule has 11 heteroatoms. The van der Waals surface area contributed by atoms with Gasteiger partial charge in [0.2, 0.25) is 5.09 Å². The van der Waals surface area contributed by atoms with Gasteiger partial charge in [0.05, 0.1) is 17.0 Å². The minimum Gasteiger partial charge on any atom is -0.489 e. The van der Waals surface area contributed by atoms with Crippen LogP contribution in [-0.2, 0) is 34.0 Å². The predicted molar refractivity (Wildman–Crippen MR) is 139 cm³/mol. The maximum absolute atomic E-state index is 14.1. The third-order valence-electron chi connectivity index (χ3n) is 6.87. The van der Waals surface area contributed by atoms with Crippen LogP contribution < -0.4 is 4.74 Å². The molecule has 2 heterocycles. The third-order valence-corrected chi connectivity index (χ3v) is 8.63. The molecule has 6 nitrogen and oxygen atoms in total. The number of sulfonamides is 1. The van der Waals surface area contributed by atoms with Gasteiger partial charge < -0.3 is 9.15 Å². The third kappa shape index (κ3) is 5.90. The minimum absolute atomic E-state index is 0.0589. The molecule has 1 aliphatic heterocycles. The molecule has 0 amide bonds. The van der Waals surface area contributed by atoms with Crippen molar-refractivity contribution in [1.82, 2.24) is 4.31 Å². The fourth-order valence-electron chi connectivity index (χ4n) is 4.78. The summed E-state index contributed by atoms with van der Waals surface area (Å²) >= 11 is 0. The molecule has 1 saturated heterocycles. The van der Waals surface area contributed by atoms with E-state index in [0.29, 0.717) is 30.6 Å². The fraction of sp³-hybridized carbons (Fsp3) is 0.276. The monoisotopic (exact) mass is 575 g/mol. The SMILES string of the molecule is O=C(CCc1cccc(OCc2ccc(C(F)(F)F)cc2)c1)[C@@H]1CCCN1S(=O)(=O)c1cc2c(F)cccc2o1. The van der Waals surface area contributed by atoms with E-state index in [-0.39, 0.29) is 36.3 Å². The number of fused-ring (bicyclic) bond motifs is 1. The molecule has 1 aliphatic rings. The molecule has 0 bridgehead atoms. The first-order valence-corrected chi connectivity index (χ1v) is 14.1. The maximum Gasteiger partial charge on any atom is 0.416 e. The molecule has 3 aromatic carbocycles. The van der Waals surface area contributed by atoms with Gasteiger partial charge in [0.1, 0.15) is 23.8 Å². The number of carbonyl (C=O) groups excluding carboxylic acids is 1. The van der Waals surface area contributed by atoms with Crippen LogP contribution in [-0.4, -0.2) is 31.1 Å². The van der Waals surface area contributed by atoms with Crippen molar-refractivity contribution in [2.75, 3.05) is 6.54 Å². The second-order valence-electron chi connectivity index (χ2n) is 9.59. The number of nitrogens with zero attached hydrogens (tertiary/aromatic N) is 1. The van der Waals surface area contributed by atoms with E-state index in [2.05, 4.69) is 0 Å². The molecule has 40 heavy (non-hydrogen) atoms. The molecular formula is C29H25F4NO5S. The van der Waals surface area contributed by atoms with Crippen LogP contribution in [0.15, 0.2) is 82.3 Å². The van der Waals surface area contributed by atoms with E-state index in [4.69, 9.17) is 9.15 Å². The van der Waals surface area contributed by atoms with E-state index in [9.17, 15) is 30.8 Å². The van der Waals surface area contributed by atoms with Crippen LogP contribution in [0.25, 0.3) is 11.0 Å². The Kier molecular flexibility index (Phi) is 7.70. The maximum atomic E-state index is 14.1. The number of halogens is 4. The molecule has 0 aliphatic carbocycles. The molecule has 0 spiro atoms. The fourth-order valence-corrected chi connectivity index (χ4v) is 6.40. The van der Waals surface area contributed by atoms with E-state index in [1.54, 1.807) is 18.2 Å². The van der Waals surface area contributed by atoms with Gasteiger partial charge >= 0.3 is 6.18 Å². The number of hydrogen-bond donors (Lipinski definition) is 0. The van der Waals surface area contributed by atoms with Crippen LogP contribution >= 0.6 is 0 Å². The van der Waals surface area contributed by atoms with Crippen LogP contribution in [0.1, 0.15) is 36.0 Å². The lowest BCUT2D eigenvalue weighted by atomic mass is 10.0. The summed E-state index contributed by atoms with van der Waals surface area (Å²) in [5.41, 5.74) is 0.742. The molecule has 0 N–H and O–H groups in total. The van der Waals surface area contributed by atoms with E-state index in [1.807, 2.05) is 6.07 Å². The predicted octanol–water partition coefficient (Wildman–Crippen LogP) is 6.52. The standard InChI is InChI=1S/C29H25F4NO5S/c30-24-6-2-8-27-23(24)17-28(39-27)40(36,37)34-15-3-7-25(34)26(35)14-11-19-4-1-5-22(16-19)38-18-20-9-12-21(13-10-20)29(31,32)33/h1-2,4-6,8-10,12-13,16-17,25H,3,7,11,14-15,18H2/t25-/m0/s1. The van der Waals surface area contributed by atoms with Gasteiger partial charge in [-0.1, -0.05) is 30.3 Å². The Morgan fingerprint density at radius 1 is 1.00 bits per heavy atom. The number of benzene rings is 3. The summed E-state index contributed by atoms with van der Waals surface area (Å²) in [7, 11) is -4.15. The van der Waals surface area contributed by atoms with Gasteiger partial charge in [-0.2, -0.15) is 17.5 Å². The van der Waals surface area contributed by atoms with E-state index >= 15 is 0 Å². The van der Waals surface area contributed by atoms with Crippen molar-refractivity contribution in [1.29, 1.82) is 0 Å². The van der Waals surface area contributed by atoms with Crippen LogP contribution in [0.4, 0.5) is 17.6 Å². The van der Waals surface area contributed by atoms with Crippen LogP contribution in [0.2, 0.25) is 0 Å². The highest BCUT2D eigenvalue weighted by Gasteiger charge is 2.40. The topological polar surface area (TPSA) is 76.8 Å². The highest BCUT2D eigenvalue weighted by atomic mass is 32.2. The second-order valence-corrected chi connectivity index (χ2v) is 11.4. The molecule has 210 valence electrons. The van der Waals surface area contributed by atoms with Crippen molar-refractivity contribution >= 4 is 26.8 Å². The average Bonchev–Trinajstić information content (AvgIpc) is 3.60. The zero-order valence-electron chi connectivity index (χ0n) is 21.2.